The molecule has 23 heavy (non-hydrogen) atoms. The molecular formula is C13H16ClN3O5S. The third-order valence-corrected chi connectivity index (χ3v) is 5.24. The SMILES string of the molecule is CS(=O)(=O)N1CCC[C@@H](C(=O)Nc2cc([N+](=O)[O-])ccc2Cl)C1. The Labute approximate surface area is 138 Å². The van der Waals surface area contributed by atoms with Crippen LogP contribution in [0.5, 0.6) is 0 Å². The molecule has 126 valence electrons. The Morgan fingerprint density at radius 3 is 2.78 bits per heavy atom. The molecule has 1 heterocycles. The lowest BCUT2D eigenvalue weighted by molar-refractivity contribution is -0.384. The standard InChI is InChI=1S/C13H16ClN3O5S/c1-23(21,22)16-6-2-3-9(8-16)13(18)15-12-7-10(17(19)20)4-5-11(12)14/h4-5,7,9H,2-3,6,8H2,1H3,(H,15,18)/t9-/m1/s1. The predicted molar refractivity (Wildman–Crippen MR) is 85.9 cm³/mol. The quantitative estimate of drug-likeness (QED) is 0.650. The molecule has 10 heteroatoms. The molecule has 1 aromatic carbocycles. The lowest BCUT2D eigenvalue weighted by Crippen LogP contribution is -2.43. The second kappa shape index (κ2) is 6.81. The zero-order valence-electron chi connectivity index (χ0n) is 12.4. The summed E-state index contributed by atoms with van der Waals surface area (Å²) in [5.41, 5.74) is -0.0477. The van der Waals surface area contributed by atoms with Gasteiger partial charge >= 0.3 is 0 Å². The number of nitrogens with zero attached hydrogens (tertiary/aromatic N) is 2. The van der Waals surface area contributed by atoms with Gasteiger partial charge in [0.15, 0.2) is 0 Å². The van der Waals surface area contributed by atoms with Gasteiger partial charge in [0, 0.05) is 25.2 Å². The third kappa shape index (κ3) is 4.40. The number of sulfonamides is 1. The van der Waals surface area contributed by atoms with Gasteiger partial charge in [0.25, 0.3) is 5.69 Å². The lowest BCUT2D eigenvalue weighted by Gasteiger charge is -2.30. The Bertz CT molecular complexity index is 737. The maximum absolute atomic E-state index is 12.3. The van der Waals surface area contributed by atoms with Crippen molar-refractivity contribution in [3.05, 3.63) is 33.3 Å². The number of anilines is 1. The Morgan fingerprint density at radius 2 is 2.17 bits per heavy atom. The van der Waals surface area contributed by atoms with Gasteiger partial charge in [0.05, 0.1) is 27.8 Å². The summed E-state index contributed by atoms with van der Waals surface area (Å²) in [6.07, 6.45) is 2.23. The molecule has 1 amide bonds. The van der Waals surface area contributed by atoms with E-state index in [2.05, 4.69) is 5.32 Å². The van der Waals surface area contributed by atoms with Crippen LogP contribution in [-0.4, -0.2) is 42.9 Å². The molecule has 0 unspecified atom stereocenters. The predicted octanol–water partition coefficient (Wildman–Crippen LogP) is 1.86. The number of nitrogens with one attached hydrogen (secondary N) is 1. The fraction of sp³-hybridized carbons (Fsp3) is 0.462. The largest absolute Gasteiger partial charge is 0.324 e. The molecule has 1 saturated heterocycles. The summed E-state index contributed by atoms with van der Waals surface area (Å²) in [4.78, 5) is 22.5. The van der Waals surface area contributed by atoms with Crippen LogP contribution in [-0.2, 0) is 14.8 Å². The smallest absolute Gasteiger partial charge is 0.271 e. The molecule has 2 rings (SSSR count). The van der Waals surface area contributed by atoms with Gasteiger partial charge in [-0.05, 0) is 18.9 Å². The van der Waals surface area contributed by atoms with Crippen LogP contribution in [0.4, 0.5) is 11.4 Å². The number of halogens is 1. The minimum atomic E-state index is -3.35. The number of piperidine rings is 1. The minimum absolute atomic E-state index is 0.0945. The maximum atomic E-state index is 12.3. The highest BCUT2D eigenvalue weighted by Crippen LogP contribution is 2.28. The van der Waals surface area contributed by atoms with Crippen molar-refractivity contribution in [1.29, 1.82) is 0 Å². The molecule has 1 atom stereocenters. The topological polar surface area (TPSA) is 110 Å². The number of rotatable bonds is 4. The van der Waals surface area contributed by atoms with E-state index in [1.165, 1.54) is 22.5 Å². The summed E-state index contributed by atoms with van der Waals surface area (Å²) in [6.45, 7) is 0.484. The van der Waals surface area contributed by atoms with Crippen molar-refractivity contribution in [3.8, 4) is 0 Å². The molecule has 1 aliphatic heterocycles. The summed E-state index contributed by atoms with van der Waals surface area (Å²) in [5, 5.41) is 13.5. The van der Waals surface area contributed by atoms with Gasteiger partial charge in [-0.1, -0.05) is 11.6 Å². The third-order valence-electron chi connectivity index (χ3n) is 3.64. The molecule has 1 fully saturated rings. The van der Waals surface area contributed by atoms with E-state index in [1.807, 2.05) is 0 Å². The fourth-order valence-corrected chi connectivity index (χ4v) is 3.49. The van der Waals surface area contributed by atoms with Crippen LogP contribution >= 0.6 is 11.6 Å². The Morgan fingerprint density at radius 1 is 1.48 bits per heavy atom. The number of nitro benzene ring substituents is 1. The highest BCUT2D eigenvalue weighted by molar-refractivity contribution is 7.88. The van der Waals surface area contributed by atoms with Crippen LogP contribution in [0, 0.1) is 16.0 Å². The molecule has 0 bridgehead atoms. The zero-order valence-corrected chi connectivity index (χ0v) is 13.9. The molecule has 0 aromatic heterocycles. The maximum Gasteiger partial charge on any atom is 0.271 e. The summed E-state index contributed by atoms with van der Waals surface area (Å²) in [7, 11) is -3.35. The first-order chi connectivity index (χ1) is 10.7. The summed E-state index contributed by atoms with van der Waals surface area (Å²) in [6, 6.07) is 3.75. The van der Waals surface area contributed by atoms with Crippen molar-refractivity contribution in [3.63, 3.8) is 0 Å². The number of benzene rings is 1. The van der Waals surface area contributed by atoms with E-state index in [-0.39, 0.29) is 22.9 Å². The van der Waals surface area contributed by atoms with E-state index in [1.54, 1.807) is 0 Å². The monoisotopic (exact) mass is 361 g/mol. The van der Waals surface area contributed by atoms with Gasteiger partial charge in [-0.2, -0.15) is 0 Å². The normalized spacial score (nSPS) is 19.3. The van der Waals surface area contributed by atoms with Crippen LogP contribution in [0.15, 0.2) is 18.2 Å². The van der Waals surface area contributed by atoms with Crippen molar-refractivity contribution in [2.45, 2.75) is 12.8 Å². The van der Waals surface area contributed by atoms with Crippen molar-refractivity contribution < 1.29 is 18.1 Å². The van der Waals surface area contributed by atoms with Crippen molar-refractivity contribution >= 4 is 38.9 Å². The van der Waals surface area contributed by atoms with E-state index in [0.717, 1.165) is 6.26 Å². The molecular weight excluding hydrogens is 346 g/mol. The van der Waals surface area contributed by atoms with Gasteiger partial charge in [-0.15, -0.1) is 0 Å². The van der Waals surface area contributed by atoms with E-state index in [9.17, 15) is 23.3 Å². The molecule has 1 N–H and O–H groups in total. The number of hydrogen-bond acceptors (Lipinski definition) is 5. The average Bonchev–Trinajstić information content (AvgIpc) is 2.48. The van der Waals surface area contributed by atoms with Gasteiger partial charge in [0.1, 0.15) is 0 Å². The summed E-state index contributed by atoms with van der Waals surface area (Å²) >= 11 is 5.94. The van der Waals surface area contributed by atoms with Crippen LogP contribution in [0.1, 0.15) is 12.8 Å². The zero-order chi connectivity index (χ0) is 17.2. The molecule has 1 aliphatic rings. The van der Waals surface area contributed by atoms with E-state index >= 15 is 0 Å². The second-order valence-corrected chi connectivity index (χ2v) is 7.76. The van der Waals surface area contributed by atoms with Crippen molar-refractivity contribution in [2.24, 2.45) is 5.92 Å². The first kappa shape index (κ1) is 17.6. The number of carbonyl (C=O) groups is 1. The first-order valence-corrected chi connectivity index (χ1v) is 9.11. The molecule has 0 aliphatic carbocycles. The molecule has 0 radical (unpaired) electrons. The second-order valence-electron chi connectivity index (χ2n) is 5.37. The number of amides is 1. The fourth-order valence-electron chi connectivity index (χ4n) is 2.42. The first-order valence-electron chi connectivity index (χ1n) is 6.88. The average molecular weight is 362 g/mol. The number of hydrogen-bond donors (Lipinski definition) is 1. The van der Waals surface area contributed by atoms with Crippen LogP contribution in [0.3, 0.4) is 0 Å². The Balaban J connectivity index is 2.13. The van der Waals surface area contributed by atoms with E-state index in [4.69, 9.17) is 11.6 Å². The summed E-state index contributed by atoms with van der Waals surface area (Å²) < 4.78 is 24.4. The number of non-ortho nitro benzene ring substituents is 1. The Hall–Kier alpha value is -1.71. The van der Waals surface area contributed by atoms with E-state index < -0.39 is 26.8 Å². The van der Waals surface area contributed by atoms with Crippen molar-refractivity contribution in [1.82, 2.24) is 4.31 Å². The lowest BCUT2D eigenvalue weighted by atomic mass is 9.98. The molecule has 0 saturated carbocycles. The highest BCUT2D eigenvalue weighted by Gasteiger charge is 2.30. The number of carbonyl (C=O) groups excluding carboxylic acids is 1. The van der Waals surface area contributed by atoms with Gasteiger partial charge in [-0.3, -0.25) is 14.9 Å². The van der Waals surface area contributed by atoms with Crippen LogP contribution in [0.2, 0.25) is 5.02 Å². The van der Waals surface area contributed by atoms with Crippen LogP contribution < -0.4 is 5.32 Å². The van der Waals surface area contributed by atoms with Gasteiger partial charge < -0.3 is 5.32 Å². The van der Waals surface area contributed by atoms with Gasteiger partial charge in [-0.25, -0.2) is 12.7 Å². The minimum Gasteiger partial charge on any atom is -0.324 e. The molecule has 1 aromatic rings. The number of nitro groups is 1. The van der Waals surface area contributed by atoms with Gasteiger partial charge in [0.2, 0.25) is 15.9 Å². The van der Waals surface area contributed by atoms with Crippen molar-refractivity contribution in [2.75, 3.05) is 24.7 Å². The van der Waals surface area contributed by atoms with E-state index in [0.29, 0.717) is 19.4 Å². The van der Waals surface area contributed by atoms with Crippen LogP contribution in [0.25, 0.3) is 0 Å². The molecule has 8 nitrogen and oxygen atoms in total. The molecule has 0 spiro atoms. The highest BCUT2D eigenvalue weighted by atomic mass is 35.5. The Kier molecular flexibility index (Phi) is 5.23. The summed E-state index contributed by atoms with van der Waals surface area (Å²) in [5.74, 6) is -0.922.